The fourth-order valence-corrected chi connectivity index (χ4v) is 4.13. The number of phenolic OH excluding ortho intramolecular Hbond substituents is 1. The number of H-pyrrole nitrogens is 2. The Bertz CT molecular complexity index is 1290. The molecule has 0 aliphatic rings. The van der Waals surface area contributed by atoms with Gasteiger partial charge in [-0.15, -0.1) is 0 Å². The summed E-state index contributed by atoms with van der Waals surface area (Å²) in [7, 11) is 0. The first kappa shape index (κ1) is 18.4. The lowest BCUT2D eigenvalue weighted by Crippen LogP contribution is -2.08. The van der Waals surface area contributed by atoms with Gasteiger partial charge in [0.05, 0.1) is 5.56 Å². The van der Waals surface area contributed by atoms with Crippen LogP contribution in [0, 0.1) is 0 Å². The molecule has 0 unspecified atom stereocenters. The Labute approximate surface area is 169 Å². The van der Waals surface area contributed by atoms with Crippen molar-refractivity contribution in [3.63, 3.8) is 0 Å². The summed E-state index contributed by atoms with van der Waals surface area (Å²) < 4.78 is 40.4. The Morgan fingerprint density at radius 2 is 1.23 bits per heavy atom. The number of hydrogen-bond acceptors (Lipinski definition) is 1. The molecule has 0 amide bonds. The van der Waals surface area contributed by atoms with Crippen molar-refractivity contribution in [2.24, 2.45) is 0 Å². The lowest BCUT2D eigenvalue weighted by molar-refractivity contribution is -0.137. The Balaban J connectivity index is 1.82. The minimum Gasteiger partial charge on any atom is -0.508 e. The topological polar surface area (TPSA) is 51.8 Å². The molecular formula is C24H17F3N2O. The molecule has 0 spiro atoms. The van der Waals surface area contributed by atoms with Crippen LogP contribution in [0.2, 0.25) is 0 Å². The van der Waals surface area contributed by atoms with Crippen LogP contribution in [-0.4, -0.2) is 15.1 Å². The predicted molar refractivity (Wildman–Crippen MR) is 111 cm³/mol. The lowest BCUT2D eigenvalue weighted by atomic mass is 9.83. The van der Waals surface area contributed by atoms with E-state index in [1.54, 1.807) is 12.4 Å². The van der Waals surface area contributed by atoms with E-state index in [0.717, 1.165) is 51.1 Å². The van der Waals surface area contributed by atoms with Gasteiger partial charge >= 0.3 is 6.18 Å². The van der Waals surface area contributed by atoms with Crippen LogP contribution < -0.4 is 0 Å². The second-order valence-electron chi connectivity index (χ2n) is 7.28. The molecule has 0 fully saturated rings. The van der Waals surface area contributed by atoms with Crippen LogP contribution in [0.3, 0.4) is 0 Å². The fraction of sp³-hybridized carbons (Fsp3) is 0.0833. The molecule has 3 nitrogen and oxygen atoms in total. The van der Waals surface area contributed by atoms with Gasteiger partial charge in [-0.25, -0.2) is 0 Å². The average Bonchev–Trinajstić information content (AvgIpc) is 3.34. The maximum atomic E-state index is 13.5. The number of benzene rings is 3. The molecule has 0 saturated carbocycles. The van der Waals surface area contributed by atoms with E-state index in [0.29, 0.717) is 0 Å². The van der Waals surface area contributed by atoms with Gasteiger partial charge < -0.3 is 15.1 Å². The van der Waals surface area contributed by atoms with Crippen LogP contribution in [0.5, 0.6) is 5.75 Å². The third kappa shape index (κ3) is 2.92. The zero-order valence-electron chi connectivity index (χ0n) is 15.7. The second kappa shape index (κ2) is 6.69. The molecule has 0 saturated heterocycles. The molecule has 3 aromatic carbocycles. The number of fused-ring (bicyclic) bond motifs is 2. The van der Waals surface area contributed by atoms with Crippen molar-refractivity contribution in [1.82, 2.24) is 9.97 Å². The van der Waals surface area contributed by atoms with Gasteiger partial charge in [0.15, 0.2) is 0 Å². The second-order valence-corrected chi connectivity index (χ2v) is 7.28. The summed E-state index contributed by atoms with van der Waals surface area (Å²) in [6.07, 6.45) is -0.902. The number of rotatable bonds is 3. The van der Waals surface area contributed by atoms with Gasteiger partial charge in [-0.05, 0) is 41.5 Å². The van der Waals surface area contributed by atoms with Crippen LogP contribution in [0.4, 0.5) is 13.2 Å². The van der Waals surface area contributed by atoms with E-state index >= 15 is 0 Å². The van der Waals surface area contributed by atoms with E-state index in [1.807, 2.05) is 48.5 Å². The molecular weight excluding hydrogens is 389 g/mol. The summed E-state index contributed by atoms with van der Waals surface area (Å²) in [5, 5.41) is 12.4. The molecule has 6 heteroatoms. The van der Waals surface area contributed by atoms with Crippen molar-refractivity contribution in [3.05, 3.63) is 101 Å². The molecule has 2 heterocycles. The van der Waals surface area contributed by atoms with Gasteiger partial charge in [-0.3, -0.25) is 0 Å². The largest absolute Gasteiger partial charge is 0.508 e. The van der Waals surface area contributed by atoms with Gasteiger partial charge in [0, 0.05) is 45.7 Å². The number of nitrogens with one attached hydrogen (secondary N) is 2. The van der Waals surface area contributed by atoms with Gasteiger partial charge in [0.1, 0.15) is 5.75 Å². The quantitative estimate of drug-likeness (QED) is 0.312. The highest BCUT2D eigenvalue weighted by Gasteiger charge is 2.33. The molecule has 0 radical (unpaired) electrons. The number of hydrogen-bond donors (Lipinski definition) is 3. The molecule has 30 heavy (non-hydrogen) atoms. The number of para-hydroxylation sites is 2. The van der Waals surface area contributed by atoms with Gasteiger partial charge in [-0.1, -0.05) is 36.4 Å². The van der Waals surface area contributed by atoms with Crippen LogP contribution >= 0.6 is 0 Å². The van der Waals surface area contributed by atoms with Crippen LogP contribution in [0.15, 0.2) is 79.1 Å². The van der Waals surface area contributed by atoms with E-state index in [-0.39, 0.29) is 11.3 Å². The van der Waals surface area contributed by atoms with Gasteiger partial charge in [0.2, 0.25) is 0 Å². The summed E-state index contributed by atoms with van der Waals surface area (Å²) >= 11 is 0. The van der Waals surface area contributed by atoms with Crippen molar-refractivity contribution in [2.75, 3.05) is 0 Å². The van der Waals surface area contributed by atoms with Crippen molar-refractivity contribution in [1.29, 1.82) is 0 Å². The lowest BCUT2D eigenvalue weighted by Gasteiger charge is -2.20. The Morgan fingerprint density at radius 3 is 1.77 bits per heavy atom. The highest BCUT2D eigenvalue weighted by molar-refractivity contribution is 5.89. The highest BCUT2D eigenvalue weighted by atomic mass is 19.4. The average molecular weight is 406 g/mol. The smallest absolute Gasteiger partial charge is 0.416 e. The first-order chi connectivity index (χ1) is 14.4. The molecule has 3 N–H and O–H groups in total. The first-order valence-corrected chi connectivity index (χ1v) is 9.45. The van der Waals surface area contributed by atoms with Crippen LogP contribution in [0.25, 0.3) is 21.8 Å². The minimum atomic E-state index is -4.51. The van der Waals surface area contributed by atoms with E-state index in [2.05, 4.69) is 9.97 Å². The van der Waals surface area contributed by atoms with Crippen molar-refractivity contribution >= 4 is 21.8 Å². The Kier molecular flexibility index (Phi) is 4.10. The van der Waals surface area contributed by atoms with Crippen molar-refractivity contribution in [2.45, 2.75) is 12.1 Å². The Hall–Kier alpha value is -3.67. The zero-order valence-corrected chi connectivity index (χ0v) is 15.7. The highest BCUT2D eigenvalue weighted by Crippen LogP contribution is 2.44. The van der Waals surface area contributed by atoms with Crippen molar-refractivity contribution in [3.8, 4) is 5.75 Å². The number of phenols is 1. The number of aromatic hydroxyl groups is 1. The summed E-state index contributed by atoms with van der Waals surface area (Å²) in [5.74, 6) is -0.775. The van der Waals surface area contributed by atoms with Crippen LogP contribution in [0.1, 0.15) is 28.2 Å². The maximum Gasteiger partial charge on any atom is 0.416 e. The summed E-state index contributed by atoms with van der Waals surface area (Å²) in [4.78, 5) is 6.40. The van der Waals surface area contributed by atoms with E-state index in [4.69, 9.17) is 0 Å². The maximum absolute atomic E-state index is 13.5. The predicted octanol–water partition coefficient (Wildman–Crippen LogP) is 6.55. The summed E-state index contributed by atoms with van der Waals surface area (Å²) in [6, 6.07) is 18.3. The minimum absolute atomic E-state index is 0.177. The van der Waals surface area contributed by atoms with Gasteiger partial charge in [-0.2, -0.15) is 13.2 Å². The SMILES string of the molecule is Oc1ccc(C(F)(F)F)cc1C(c1c[nH]c2ccccc12)c1c[nH]c2ccccc12. The summed E-state index contributed by atoms with van der Waals surface area (Å²) in [6.45, 7) is 0. The molecule has 0 aliphatic heterocycles. The number of aromatic amines is 2. The molecule has 2 aromatic heterocycles. The Morgan fingerprint density at radius 1 is 0.700 bits per heavy atom. The molecule has 0 bridgehead atoms. The monoisotopic (exact) mass is 406 g/mol. The van der Waals surface area contributed by atoms with Gasteiger partial charge in [0.25, 0.3) is 0 Å². The van der Waals surface area contributed by atoms with E-state index < -0.39 is 17.7 Å². The molecule has 150 valence electrons. The standard InChI is InChI=1S/C24H17F3N2O/c25-24(26,27)14-9-10-22(30)17(11-14)23(18-12-28-20-7-3-1-5-15(18)20)19-13-29-21-8-4-2-6-16(19)21/h1-13,23,28-30H. The molecule has 0 atom stereocenters. The number of halogens is 3. The third-order valence-corrected chi connectivity index (χ3v) is 5.53. The van der Waals surface area contributed by atoms with E-state index in [1.165, 1.54) is 0 Å². The van der Waals surface area contributed by atoms with Crippen LogP contribution in [-0.2, 0) is 6.18 Å². The number of alkyl halides is 3. The summed E-state index contributed by atoms with van der Waals surface area (Å²) in [5.41, 5.74) is 2.77. The zero-order chi connectivity index (χ0) is 20.9. The molecule has 5 aromatic rings. The fourth-order valence-electron chi connectivity index (χ4n) is 4.13. The normalized spacial score (nSPS) is 12.3. The van der Waals surface area contributed by atoms with Crippen molar-refractivity contribution < 1.29 is 18.3 Å². The molecule has 5 rings (SSSR count). The van der Waals surface area contributed by atoms with E-state index in [9.17, 15) is 18.3 Å². The molecule has 0 aliphatic carbocycles. The third-order valence-electron chi connectivity index (χ3n) is 5.53. The number of aromatic nitrogens is 2. The first-order valence-electron chi connectivity index (χ1n) is 9.45.